The van der Waals surface area contributed by atoms with Gasteiger partial charge in [0.1, 0.15) is 0 Å². The summed E-state index contributed by atoms with van der Waals surface area (Å²) in [5.41, 5.74) is 2.66. The van der Waals surface area contributed by atoms with Crippen LogP contribution in [-0.4, -0.2) is 38.1 Å². The molecule has 0 bridgehead atoms. The van der Waals surface area contributed by atoms with Crippen molar-refractivity contribution in [3.63, 3.8) is 0 Å². The average Bonchev–Trinajstić information content (AvgIpc) is 2.62. The fraction of sp³-hybridized carbons (Fsp3) is 0.429. The summed E-state index contributed by atoms with van der Waals surface area (Å²) < 4.78 is 0. The van der Waals surface area contributed by atoms with E-state index in [4.69, 9.17) is 0 Å². The number of benzene rings is 2. The van der Waals surface area contributed by atoms with E-state index in [0.717, 1.165) is 13.1 Å². The number of nitrogens with zero attached hydrogens (tertiary/aromatic N) is 1. The van der Waals surface area contributed by atoms with Crippen LogP contribution in [0.25, 0.3) is 0 Å². The van der Waals surface area contributed by atoms with E-state index in [1.165, 1.54) is 34.0 Å². The third kappa shape index (κ3) is 8.00. The van der Waals surface area contributed by atoms with Gasteiger partial charge in [-0.15, -0.1) is 0 Å². The molecule has 132 valence electrons. The van der Waals surface area contributed by atoms with Crippen LogP contribution in [0.4, 0.5) is 0 Å². The molecule has 3 rings (SSSR count). The lowest BCUT2D eigenvalue weighted by molar-refractivity contribution is 0.291. The Morgan fingerprint density at radius 3 is 2.08 bits per heavy atom. The Kier molecular flexibility index (Phi) is 10.5. The first kappa shape index (κ1) is 20.8. The molecule has 0 atom stereocenters. The Labute approximate surface area is 152 Å². The number of hydrogen-bond acceptors (Lipinski definition) is 3. The van der Waals surface area contributed by atoms with E-state index in [9.17, 15) is 0 Å². The van der Waals surface area contributed by atoms with Gasteiger partial charge in [-0.05, 0) is 50.2 Å². The maximum Gasteiger partial charge on any atom is 0.0154 e. The topological polar surface area (TPSA) is 15.3 Å². The van der Waals surface area contributed by atoms with Gasteiger partial charge in [-0.2, -0.15) is 0 Å². The average molecular weight is 345 g/mol. The molecule has 0 aliphatic carbocycles. The summed E-state index contributed by atoms with van der Waals surface area (Å²) in [6.07, 6.45) is 0. The zero-order valence-corrected chi connectivity index (χ0v) is 16.6. The third-order valence-electron chi connectivity index (χ3n) is 3.66. The summed E-state index contributed by atoms with van der Waals surface area (Å²) in [6.45, 7) is 13.0. The first-order valence-corrected chi connectivity index (χ1v) is 9.66. The van der Waals surface area contributed by atoms with E-state index in [1.54, 1.807) is 0 Å². The molecule has 1 aliphatic rings. The van der Waals surface area contributed by atoms with E-state index < -0.39 is 0 Å². The summed E-state index contributed by atoms with van der Waals surface area (Å²) in [5, 5.41) is 3.27. The Morgan fingerprint density at radius 1 is 0.917 bits per heavy atom. The standard InChI is InChI=1S/C14H14S.C5H12N2.C2H6/c1-11-8-9-12(2)14(10-11)15-13-6-4-3-5-7-13;1-7-4-2-6-3-5-7;1-2/h3-10H,1-2H3;6H,2-5H2,1H3;1-2H3. The van der Waals surface area contributed by atoms with Gasteiger partial charge in [0.25, 0.3) is 0 Å². The Balaban J connectivity index is 0.000000268. The van der Waals surface area contributed by atoms with Crippen LogP contribution in [0.5, 0.6) is 0 Å². The highest BCUT2D eigenvalue weighted by Gasteiger charge is 2.01. The number of likely N-dealkylation sites (N-methyl/N-ethyl adjacent to an activating group) is 1. The van der Waals surface area contributed by atoms with Gasteiger partial charge in [-0.3, -0.25) is 0 Å². The number of hydrogen-bond donors (Lipinski definition) is 1. The summed E-state index contributed by atoms with van der Waals surface area (Å²) in [7, 11) is 2.15. The Morgan fingerprint density at radius 2 is 1.54 bits per heavy atom. The first-order chi connectivity index (χ1) is 11.6. The quantitative estimate of drug-likeness (QED) is 0.825. The van der Waals surface area contributed by atoms with Crippen molar-refractivity contribution < 1.29 is 0 Å². The minimum atomic E-state index is 1.16. The first-order valence-electron chi connectivity index (χ1n) is 8.84. The third-order valence-corrected chi connectivity index (χ3v) is 4.82. The molecular weight excluding hydrogens is 312 g/mol. The van der Waals surface area contributed by atoms with Crippen molar-refractivity contribution in [3.8, 4) is 0 Å². The van der Waals surface area contributed by atoms with Crippen LogP contribution in [-0.2, 0) is 0 Å². The molecule has 1 N–H and O–H groups in total. The summed E-state index contributed by atoms with van der Waals surface area (Å²) in [4.78, 5) is 4.98. The van der Waals surface area contributed by atoms with Crippen molar-refractivity contribution in [1.29, 1.82) is 0 Å². The van der Waals surface area contributed by atoms with E-state index in [0.29, 0.717) is 0 Å². The lowest BCUT2D eigenvalue weighted by Crippen LogP contribution is -2.40. The molecule has 0 saturated carbocycles. The van der Waals surface area contributed by atoms with Crippen LogP contribution in [0.1, 0.15) is 25.0 Å². The smallest absolute Gasteiger partial charge is 0.0154 e. The van der Waals surface area contributed by atoms with E-state index in [2.05, 4.69) is 73.6 Å². The SMILES string of the molecule is CC.CN1CCNCC1.Cc1ccc(C)c(Sc2ccccc2)c1. The highest BCUT2D eigenvalue weighted by atomic mass is 32.2. The van der Waals surface area contributed by atoms with Crippen molar-refractivity contribution in [2.24, 2.45) is 0 Å². The van der Waals surface area contributed by atoms with Crippen molar-refractivity contribution in [2.75, 3.05) is 33.2 Å². The van der Waals surface area contributed by atoms with Crippen LogP contribution in [0, 0.1) is 13.8 Å². The van der Waals surface area contributed by atoms with E-state index in [1.807, 2.05) is 31.7 Å². The molecule has 0 unspecified atom stereocenters. The molecule has 3 heteroatoms. The van der Waals surface area contributed by atoms with Crippen LogP contribution in [0.3, 0.4) is 0 Å². The Bertz CT molecular complexity index is 563. The fourth-order valence-corrected chi connectivity index (χ4v) is 3.23. The number of aryl methyl sites for hydroxylation is 2. The molecule has 0 spiro atoms. The Hall–Kier alpha value is -1.29. The van der Waals surface area contributed by atoms with Crippen LogP contribution in [0.2, 0.25) is 0 Å². The monoisotopic (exact) mass is 344 g/mol. The van der Waals surface area contributed by atoms with Crippen molar-refractivity contribution >= 4 is 11.8 Å². The lowest BCUT2D eigenvalue weighted by atomic mass is 10.2. The molecule has 0 radical (unpaired) electrons. The van der Waals surface area contributed by atoms with Gasteiger partial charge in [0.15, 0.2) is 0 Å². The highest BCUT2D eigenvalue weighted by Crippen LogP contribution is 2.30. The molecule has 1 aliphatic heterocycles. The molecule has 0 amide bonds. The molecule has 1 heterocycles. The van der Waals surface area contributed by atoms with Gasteiger partial charge in [-0.25, -0.2) is 0 Å². The van der Waals surface area contributed by atoms with Crippen LogP contribution in [0.15, 0.2) is 58.3 Å². The molecule has 2 aromatic carbocycles. The second-order valence-electron chi connectivity index (χ2n) is 5.74. The fourth-order valence-electron chi connectivity index (χ4n) is 2.21. The normalized spacial score (nSPS) is 14.0. The molecule has 1 saturated heterocycles. The van der Waals surface area contributed by atoms with Gasteiger partial charge in [0.2, 0.25) is 0 Å². The maximum absolute atomic E-state index is 3.27. The highest BCUT2D eigenvalue weighted by molar-refractivity contribution is 7.99. The number of nitrogens with one attached hydrogen (secondary N) is 1. The molecule has 1 fully saturated rings. The molecule has 2 nitrogen and oxygen atoms in total. The van der Waals surface area contributed by atoms with Crippen LogP contribution >= 0.6 is 11.8 Å². The van der Waals surface area contributed by atoms with Gasteiger partial charge in [-0.1, -0.05) is 55.9 Å². The second kappa shape index (κ2) is 12.1. The number of rotatable bonds is 2. The lowest BCUT2D eigenvalue weighted by Gasteiger charge is -2.21. The van der Waals surface area contributed by atoms with Crippen molar-refractivity contribution in [2.45, 2.75) is 37.5 Å². The predicted octanol–water partition coefficient (Wildman–Crippen LogP) is 5.00. The van der Waals surface area contributed by atoms with E-state index >= 15 is 0 Å². The molecule has 0 aromatic heterocycles. The zero-order valence-electron chi connectivity index (χ0n) is 15.8. The minimum absolute atomic E-state index is 1.16. The molecule has 24 heavy (non-hydrogen) atoms. The van der Waals surface area contributed by atoms with Crippen molar-refractivity contribution in [3.05, 3.63) is 59.7 Å². The van der Waals surface area contributed by atoms with Gasteiger partial charge < -0.3 is 10.2 Å². The van der Waals surface area contributed by atoms with Gasteiger partial charge in [0.05, 0.1) is 0 Å². The predicted molar refractivity (Wildman–Crippen MR) is 108 cm³/mol. The summed E-state index contributed by atoms with van der Waals surface area (Å²) in [6, 6.07) is 17.1. The summed E-state index contributed by atoms with van der Waals surface area (Å²) in [5.74, 6) is 0. The second-order valence-corrected chi connectivity index (χ2v) is 6.85. The maximum atomic E-state index is 3.27. The molecule has 2 aromatic rings. The minimum Gasteiger partial charge on any atom is -0.314 e. The summed E-state index contributed by atoms with van der Waals surface area (Å²) >= 11 is 1.83. The molecular formula is C21H32N2S. The zero-order chi connectivity index (χ0) is 17.8. The number of piperazine rings is 1. The van der Waals surface area contributed by atoms with Gasteiger partial charge in [0, 0.05) is 36.0 Å². The largest absolute Gasteiger partial charge is 0.314 e. The van der Waals surface area contributed by atoms with Crippen LogP contribution < -0.4 is 5.32 Å². The van der Waals surface area contributed by atoms with Crippen molar-refractivity contribution in [1.82, 2.24) is 10.2 Å². The van der Waals surface area contributed by atoms with Gasteiger partial charge >= 0.3 is 0 Å². The van der Waals surface area contributed by atoms with E-state index in [-0.39, 0.29) is 0 Å².